The minimum Gasteiger partial charge on any atom is -0.497 e. The van der Waals surface area contributed by atoms with Gasteiger partial charge in [-0.1, -0.05) is 12.1 Å². The maximum absolute atomic E-state index is 12.6. The second kappa shape index (κ2) is 7.92. The molecule has 0 radical (unpaired) electrons. The van der Waals surface area contributed by atoms with E-state index in [2.05, 4.69) is 0 Å². The predicted octanol–water partition coefficient (Wildman–Crippen LogP) is 1.62. The number of hydrogen-bond acceptors (Lipinski definition) is 5. The molecule has 1 aromatic heterocycles. The Morgan fingerprint density at radius 1 is 1.15 bits per heavy atom. The van der Waals surface area contributed by atoms with Crippen molar-refractivity contribution in [3.63, 3.8) is 0 Å². The van der Waals surface area contributed by atoms with E-state index < -0.39 is 10.0 Å². The number of hydrogen-bond donors (Lipinski definition) is 0. The largest absolute Gasteiger partial charge is 0.497 e. The van der Waals surface area contributed by atoms with E-state index in [1.54, 1.807) is 24.1 Å². The van der Waals surface area contributed by atoms with Crippen molar-refractivity contribution >= 4 is 15.9 Å². The van der Waals surface area contributed by atoms with Crippen LogP contribution < -0.4 is 4.74 Å². The number of carbonyl (C=O) groups excluding carboxylic acids is 1. The smallest absolute Gasteiger partial charge is 0.289 e. The molecule has 0 unspecified atom stereocenters. The molecular formula is C18H22N2O5S. The number of ether oxygens (including phenoxy) is 1. The Labute approximate surface area is 153 Å². The number of rotatable bonds is 6. The fourth-order valence-corrected chi connectivity index (χ4v) is 4.40. The highest BCUT2D eigenvalue weighted by molar-refractivity contribution is 7.89. The number of aryl methyl sites for hydroxylation is 1. The molecule has 7 nitrogen and oxygen atoms in total. The third-order valence-corrected chi connectivity index (χ3v) is 6.31. The number of sulfonamides is 1. The van der Waals surface area contributed by atoms with Gasteiger partial charge in [0.15, 0.2) is 5.76 Å². The number of methoxy groups -OCH3 is 1. The van der Waals surface area contributed by atoms with Crippen molar-refractivity contribution in [1.82, 2.24) is 9.21 Å². The summed E-state index contributed by atoms with van der Waals surface area (Å²) < 4.78 is 36.9. The number of nitrogens with zero attached hydrogens (tertiary/aromatic N) is 2. The first-order valence-corrected chi connectivity index (χ1v) is 10.0. The molecule has 1 aliphatic heterocycles. The summed E-state index contributed by atoms with van der Waals surface area (Å²) in [6.45, 7) is 1.32. The van der Waals surface area contributed by atoms with Crippen LogP contribution >= 0.6 is 0 Å². The molecule has 0 spiro atoms. The van der Waals surface area contributed by atoms with Crippen molar-refractivity contribution in [2.75, 3.05) is 39.0 Å². The van der Waals surface area contributed by atoms with Gasteiger partial charge in [0, 0.05) is 26.2 Å². The standard InChI is InChI=1S/C18H22N2O5S/c1-24-16-5-2-4-15(14-16)7-13-26(22,23)20-10-8-19(9-11-20)18(21)17-6-3-12-25-17/h2-6,12,14H,7-11,13H2,1H3. The summed E-state index contributed by atoms with van der Waals surface area (Å²) in [5.74, 6) is 0.819. The first kappa shape index (κ1) is 18.5. The van der Waals surface area contributed by atoms with Gasteiger partial charge in [0.2, 0.25) is 10.0 Å². The second-order valence-electron chi connectivity index (χ2n) is 6.09. The molecule has 1 aromatic carbocycles. The summed E-state index contributed by atoms with van der Waals surface area (Å²) in [7, 11) is -1.79. The van der Waals surface area contributed by atoms with Gasteiger partial charge in [0.05, 0.1) is 19.1 Å². The first-order chi connectivity index (χ1) is 12.5. The van der Waals surface area contributed by atoms with Gasteiger partial charge in [-0.2, -0.15) is 4.31 Å². The van der Waals surface area contributed by atoms with Gasteiger partial charge < -0.3 is 14.1 Å². The summed E-state index contributed by atoms with van der Waals surface area (Å²) >= 11 is 0. The third-order valence-electron chi connectivity index (χ3n) is 4.43. The van der Waals surface area contributed by atoms with Crippen LogP contribution in [0, 0.1) is 0 Å². The molecule has 3 rings (SSSR count). The Balaban J connectivity index is 1.55. The van der Waals surface area contributed by atoms with Gasteiger partial charge in [-0.3, -0.25) is 4.79 Å². The Bertz CT molecular complexity index is 840. The molecule has 0 bridgehead atoms. The van der Waals surface area contributed by atoms with E-state index in [0.29, 0.717) is 38.3 Å². The van der Waals surface area contributed by atoms with Crippen LogP contribution in [0.2, 0.25) is 0 Å². The molecule has 2 aromatic rings. The van der Waals surface area contributed by atoms with Crippen LogP contribution in [-0.4, -0.2) is 62.6 Å². The lowest BCUT2D eigenvalue weighted by Crippen LogP contribution is -2.51. The van der Waals surface area contributed by atoms with Gasteiger partial charge in [-0.25, -0.2) is 8.42 Å². The van der Waals surface area contributed by atoms with Crippen molar-refractivity contribution in [1.29, 1.82) is 0 Å². The van der Waals surface area contributed by atoms with Crippen LogP contribution in [-0.2, 0) is 16.4 Å². The maximum Gasteiger partial charge on any atom is 0.289 e. The zero-order valence-corrected chi connectivity index (χ0v) is 15.4. The minimum atomic E-state index is -3.37. The van der Waals surface area contributed by atoms with Gasteiger partial charge in [0.25, 0.3) is 5.91 Å². The van der Waals surface area contributed by atoms with Crippen LogP contribution in [0.1, 0.15) is 16.1 Å². The first-order valence-electron chi connectivity index (χ1n) is 8.43. The summed E-state index contributed by atoms with van der Waals surface area (Å²) in [6, 6.07) is 10.7. The molecule has 26 heavy (non-hydrogen) atoms. The van der Waals surface area contributed by atoms with E-state index in [1.165, 1.54) is 10.6 Å². The normalized spacial score (nSPS) is 15.8. The molecular weight excluding hydrogens is 356 g/mol. The summed E-state index contributed by atoms with van der Waals surface area (Å²) in [5.41, 5.74) is 0.916. The molecule has 0 saturated carbocycles. The van der Waals surface area contributed by atoms with Crippen molar-refractivity contribution < 1.29 is 22.4 Å². The quantitative estimate of drug-likeness (QED) is 0.763. The number of benzene rings is 1. The molecule has 0 N–H and O–H groups in total. The lowest BCUT2D eigenvalue weighted by atomic mass is 10.2. The molecule has 1 fully saturated rings. The van der Waals surface area contributed by atoms with Crippen LogP contribution in [0.15, 0.2) is 47.1 Å². The molecule has 140 valence electrons. The van der Waals surface area contributed by atoms with Crippen LogP contribution in [0.4, 0.5) is 0 Å². The highest BCUT2D eigenvalue weighted by Gasteiger charge is 2.29. The average Bonchev–Trinajstić information content (AvgIpc) is 3.21. The van der Waals surface area contributed by atoms with E-state index in [1.807, 2.05) is 24.3 Å². The number of amides is 1. The van der Waals surface area contributed by atoms with Crippen molar-refractivity contribution in [2.24, 2.45) is 0 Å². The van der Waals surface area contributed by atoms with Gasteiger partial charge in [0.1, 0.15) is 5.75 Å². The third kappa shape index (κ3) is 4.25. The SMILES string of the molecule is COc1cccc(CCS(=O)(=O)N2CCN(C(=O)c3ccco3)CC2)c1. The molecule has 2 heterocycles. The summed E-state index contributed by atoms with van der Waals surface area (Å²) in [6.07, 6.45) is 1.87. The highest BCUT2D eigenvalue weighted by Crippen LogP contribution is 2.16. The van der Waals surface area contributed by atoms with Gasteiger partial charge in [-0.15, -0.1) is 0 Å². The maximum atomic E-state index is 12.6. The van der Waals surface area contributed by atoms with Crippen LogP contribution in [0.25, 0.3) is 0 Å². The number of carbonyl (C=O) groups is 1. The molecule has 0 aliphatic carbocycles. The Morgan fingerprint density at radius 2 is 1.92 bits per heavy atom. The second-order valence-corrected chi connectivity index (χ2v) is 8.17. The fourth-order valence-electron chi connectivity index (χ4n) is 2.93. The van der Waals surface area contributed by atoms with Gasteiger partial charge >= 0.3 is 0 Å². The van der Waals surface area contributed by atoms with Crippen LogP contribution in [0.5, 0.6) is 5.75 Å². The average molecular weight is 378 g/mol. The monoisotopic (exact) mass is 378 g/mol. The van der Waals surface area contributed by atoms with E-state index in [-0.39, 0.29) is 17.4 Å². The molecule has 1 aliphatic rings. The van der Waals surface area contributed by atoms with Crippen molar-refractivity contribution in [3.8, 4) is 5.75 Å². The Kier molecular flexibility index (Phi) is 5.63. The van der Waals surface area contributed by atoms with Gasteiger partial charge in [-0.05, 0) is 36.2 Å². The Hall–Kier alpha value is -2.32. The lowest BCUT2D eigenvalue weighted by Gasteiger charge is -2.33. The van der Waals surface area contributed by atoms with E-state index >= 15 is 0 Å². The Morgan fingerprint density at radius 3 is 2.58 bits per heavy atom. The molecule has 0 atom stereocenters. The van der Waals surface area contributed by atoms with Crippen LogP contribution in [0.3, 0.4) is 0 Å². The van der Waals surface area contributed by atoms with Crippen molar-refractivity contribution in [3.05, 3.63) is 54.0 Å². The summed E-state index contributed by atoms with van der Waals surface area (Å²) in [5, 5.41) is 0. The molecule has 1 saturated heterocycles. The van der Waals surface area contributed by atoms with E-state index in [0.717, 1.165) is 5.56 Å². The molecule has 8 heteroatoms. The van der Waals surface area contributed by atoms with Crippen molar-refractivity contribution in [2.45, 2.75) is 6.42 Å². The molecule has 1 amide bonds. The number of piperazine rings is 1. The topological polar surface area (TPSA) is 80.1 Å². The number of furan rings is 1. The zero-order valence-electron chi connectivity index (χ0n) is 14.6. The lowest BCUT2D eigenvalue weighted by molar-refractivity contribution is 0.0666. The predicted molar refractivity (Wildman–Crippen MR) is 96.7 cm³/mol. The van der Waals surface area contributed by atoms with E-state index in [4.69, 9.17) is 9.15 Å². The zero-order chi connectivity index (χ0) is 18.6. The fraction of sp³-hybridized carbons (Fsp3) is 0.389. The highest BCUT2D eigenvalue weighted by atomic mass is 32.2. The minimum absolute atomic E-state index is 0.0340. The summed E-state index contributed by atoms with van der Waals surface area (Å²) in [4.78, 5) is 13.9. The van der Waals surface area contributed by atoms with E-state index in [9.17, 15) is 13.2 Å².